The fraction of sp³-hybridized carbons (Fsp3) is 0.423. The molecular weight excluding hydrogens is 466 g/mol. The van der Waals surface area contributed by atoms with E-state index in [1.165, 1.54) is 12.1 Å². The topological polar surface area (TPSA) is 91.4 Å². The van der Waals surface area contributed by atoms with Gasteiger partial charge in [0.25, 0.3) is 5.91 Å². The van der Waals surface area contributed by atoms with Gasteiger partial charge in [0, 0.05) is 55.1 Å². The van der Waals surface area contributed by atoms with Crippen molar-refractivity contribution in [2.24, 2.45) is 0 Å². The second-order valence-electron chi connectivity index (χ2n) is 9.15. The Hall–Kier alpha value is -3.37. The average molecular weight is 499 g/mol. The molecule has 4 rings (SSSR count). The van der Waals surface area contributed by atoms with E-state index in [1.54, 1.807) is 18.3 Å². The summed E-state index contributed by atoms with van der Waals surface area (Å²) in [6, 6.07) is 6.66. The van der Waals surface area contributed by atoms with Crippen LogP contribution in [0, 0.1) is 11.6 Å². The van der Waals surface area contributed by atoms with E-state index >= 15 is 0 Å². The van der Waals surface area contributed by atoms with Crippen molar-refractivity contribution in [3.63, 3.8) is 0 Å². The number of nitrogens with zero attached hydrogens (tertiary/aromatic N) is 3. The van der Waals surface area contributed by atoms with Crippen molar-refractivity contribution in [2.75, 3.05) is 49.6 Å². The number of rotatable bonds is 9. The molecule has 10 heteroatoms. The number of ether oxygens (including phenoxy) is 1. The van der Waals surface area contributed by atoms with Crippen molar-refractivity contribution in [2.45, 2.75) is 32.9 Å². The zero-order valence-electron chi connectivity index (χ0n) is 20.8. The van der Waals surface area contributed by atoms with Crippen LogP contribution in [0.15, 0.2) is 36.5 Å². The van der Waals surface area contributed by atoms with Crippen molar-refractivity contribution in [3.8, 4) is 0 Å². The summed E-state index contributed by atoms with van der Waals surface area (Å²) in [6.07, 6.45) is 1.70. The average Bonchev–Trinajstić information content (AvgIpc) is 2.85. The Morgan fingerprint density at radius 1 is 1.06 bits per heavy atom. The molecule has 0 bridgehead atoms. The predicted octanol–water partition coefficient (Wildman–Crippen LogP) is 3.65. The molecule has 2 aromatic carbocycles. The summed E-state index contributed by atoms with van der Waals surface area (Å²) in [4.78, 5) is 24.5. The van der Waals surface area contributed by atoms with Crippen LogP contribution in [0.1, 0.15) is 42.7 Å². The van der Waals surface area contributed by atoms with Gasteiger partial charge in [0.1, 0.15) is 17.5 Å². The van der Waals surface area contributed by atoms with Gasteiger partial charge in [-0.2, -0.15) is 0 Å². The third-order valence-electron chi connectivity index (χ3n) is 5.94. The maximum atomic E-state index is 13.8. The van der Waals surface area contributed by atoms with Gasteiger partial charge in [-0.3, -0.25) is 9.78 Å². The van der Waals surface area contributed by atoms with Crippen molar-refractivity contribution in [1.29, 1.82) is 0 Å². The summed E-state index contributed by atoms with van der Waals surface area (Å²) in [5, 5.41) is 9.32. The molecule has 1 saturated heterocycles. The van der Waals surface area contributed by atoms with Gasteiger partial charge in [0.15, 0.2) is 0 Å². The highest BCUT2D eigenvalue weighted by molar-refractivity contribution is 5.98. The van der Waals surface area contributed by atoms with Gasteiger partial charge in [0.05, 0.1) is 36.5 Å². The lowest BCUT2D eigenvalue weighted by atomic mass is 10.0. The maximum absolute atomic E-state index is 13.8. The molecule has 8 nitrogen and oxygen atoms in total. The second kappa shape index (κ2) is 11.6. The Kier molecular flexibility index (Phi) is 8.27. The minimum absolute atomic E-state index is 0.230. The first kappa shape index (κ1) is 25.7. The first-order valence-electron chi connectivity index (χ1n) is 12.2. The zero-order valence-corrected chi connectivity index (χ0v) is 20.8. The third kappa shape index (κ3) is 6.44. The highest BCUT2D eigenvalue weighted by Crippen LogP contribution is 2.29. The minimum Gasteiger partial charge on any atom is -0.378 e. The van der Waals surface area contributed by atoms with Crippen LogP contribution < -0.4 is 20.9 Å². The number of nitrogens with one attached hydrogen (secondary N) is 3. The molecule has 0 radical (unpaired) electrons. The summed E-state index contributed by atoms with van der Waals surface area (Å²) in [6.45, 7) is 9.70. The quantitative estimate of drug-likeness (QED) is 0.388. The number of carbonyl (C=O) groups excluding carboxylic acids is 1. The molecule has 0 spiro atoms. The number of morpholine rings is 1. The number of anilines is 2. The molecule has 2 heterocycles. The summed E-state index contributed by atoms with van der Waals surface area (Å²) in [5.74, 6) is -0.862. The van der Waals surface area contributed by atoms with Gasteiger partial charge in [-0.1, -0.05) is 13.8 Å². The molecule has 1 atom stereocenters. The molecular formula is C26H32F2N6O2. The molecule has 0 saturated carbocycles. The number of hydrogen-bond donors (Lipinski definition) is 3. The molecule has 36 heavy (non-hydrogen) atoms. The van der Waals surface area contributed by atoms with Crippen LogP contribution in [-0.2, 0) is 4.74 Å². The summed E-state index contributed by atoms with van der Waals surface area (Å²) in [5.41, 5.74) is 2.61. The monoisotopic (exact) mass is 498 g/mol. The SMILES string of the molecule is CC(C)NCCNC(=O)c1cc(C(C)Nc2cc(F)cc(F)c2)c2nc(N3CCOCC3)cnc2c1. The molecule has 1 aliphatic rings. The summed E-state index contributed by atoms with van der Waals surface area (Å²) >= 11 is 0. The molecule has 1 aromatic heterocycles. The van der Waals surface area contributed by atoms with Gasteiger partial charge in [-0.05, 0) is 31.2 Å². The van der Waals surface area contributed by atoms with Gasteiger partial charge in [-0.15, -0.1) is 0 Å². The van der Waals surface area contributed by atoms with Crippen LogP contribution in [0.5, 0.6) is 0 Å². The number of hydrogen-bond acceptors (Lipinski definition) is 7. The number of benzene rings is 2. The van der Waals surface area contributed by atoms with E-state index in [9.17, 15) is 13.6 Å². The van der Waals surface area contributed by atoms with Crippen LogP contribution >= 0.6 is 0 Å². The van der Waals surface area contributed by atoms with Gasteiger partial charge >= 0.3 is 0 Å². The van der Waals surface area contributed by atoms with E-state index in [0.29, 0.717) is 79.1 Å². The lowest BCUT2D eigenvalue weighted by Crippen LogP contribution is -2.36. The first-order chi connectivity index (χ1) is 17.3. The van der Waals surface area contributed by atoms with E-state index in [2.05, 4.69) is 25.8 Å². The van der Waals surface area contributed by atoms with Crippen molar-refractivity contribution >= 4 is 28.4 Å². The summed E-state index contributed by atoms with van der Waals surface area (Å²) < 4.78 is 33.0. The smallest absolute Gasteiger partial charge is 0.251 e. The van der Waals surface area contributed by atoms with Gasteiger partial charge in [0.2, 0.25) is 0 Å². The number of halogens is 2. The largest absolute Gasteiger partial charge is 0.378 e. The van der Waals surface area contributed by atoms with E-state index in [4.69, 9.17) is 9.72 Å². The zero-order chi connectivity index (χ0) is 25.7. The third-order valence-corrected chi connectivity index (χ3v) is 5.94. The van der Waals surface area contributed by atoms with E-state index < -0.39 is 17.7 Å². The number of carbonyl (C=O) groups is 1. The number of fused-ring (bicyclic) bond motifs is 1. The van der Waals surface area contributed by atoms with Gasteiger partial charge in [-0.25, -0.2) is 13.8 Å². The highest BCUT2D eigenvalue weighted by Gasteiger charge is 2.20. The Morgan fingerprint density at radius 3 is 2.47 bits per heavy atom. The Morgan fingerprint density at radius 2 is 1.78 bits per heavy atom. The van der Waals surface area contributed by atoms with Gasteiger partial charge < -0.3 is 25.6 Å². The molecule has 192 valence electrons. The van der Waals surface area contributed by atoms with E-state index in [0.717, 1.165) is 6.07 Å². The summed E-state index contributed by atoms with van der Waals surface area (Å²) in [7, 11) is 0. The number of aromatic nitrogens is 2. The Bertz CT molecular complexity index is 1200. The maximum Gasteiger partial charge on any atom is 0.251 e. The van der Waals surface area contributed by atoms with Crippen LogP contribution in [0.4, 0.5) is 20.3 Å². The van der Waals surface area contributed by atoms with Crippen LogP contribution in [0.25, 0.3) is 11.0 Å². The Balaban J connectivity index is 1.67. The highest BCUT2D eigenvalue weighted by atomic mass is 19.1. The van der Waals surface area contributed by atoms with Crippen LogP contribution in [0.2, 0.25) is 0 Å². The number of amides is 1. The molecule has 0 aliphatic carbocycles. The molecule has 3 N–H and O–H groups in total. The molecule has 1 aliphatic heterocycles. The molecule has 1 fully saturated rings. The molecule has 1 unspecified atom stereocenters. The fourth-order valence-corrected chi connectivity index (χ4v) is 4.14. The standard InChI is InChI=1S/C26H32F2N6O2/c1-16(2)29-4-5-30-26(35)18-10-22(17(3)32-21-13-19(27)12-20(28)14-21)25-23(11-18)31-15-24(33-25)34-6-8-36-9-7-34/h10-17,29,32H,4-9H2,1-3H3,(H,30,35). The molecule has 3 aromatic rings. The predicted molar refractivity (Wildman–Crippen MR) is 136 cm³/mol. The van der Waals surface area contributed by atoms with Crippen LogP contribution in [0.3, 0.4) is 0 Å². The first-order valence-corrected chi connectivity index (χ1v) is 12.2. The van der Waals surface area contributed by atoms with Crippen LogP contribution in [-0.4, -0.2) is 61.3 Å². The molecule has 1 amide bonds. The fourth-order valence-electron chi connectivity index (χ4n) is 4.14. The van der Waals surface area contributed by atoms with Crippen molar-refractivity contribution in [1.82, 2.24) is 20.6 Å². The Labute approximate surface area is 209 Å². The van der Waals surface area contributed by atoms with Crippen molar-refractivity contribution < 1.29 is 18.3 Å². The lowest BCUT2D eigenvalue weighted by Gasteiger charge is -2.28. The minimum atomic E-state index is -0.674. The van der Waals surface area contributed by atoms with E-state index in [1.807, 2.05) is 20.8 Å². The normalized spacial score (nSPS) is 14.8. The lowest BCUT2D eigenvalue weighted by molar-refractivity contribution is 0.0953. The second-order valence-corrected chi connectivity index (χ2v) is 9.15. The van der Waals surface area contributed by atoms with E-state index in [-0.39, 0.29) is 5.91 Å². The van der Waals surface area contributed by atoms with Crippen molar-refractivity contribution in [3.05, 3.63) is 59.3 Å².